The Hall–Kier alpha value is -1.55. The Labute approximate surface area is 125 Å². The molecule has 21 heavy (non-hydrogen) atoms. The summed E-state index contributed by atoms with van der Waals surface area (Å²) >= 11 is 0. The molecular weight excluding hydrogens is 264 g/mol. The zero-order valence-electron chi connectivity index (χ0n) is 12.6. The number of carbonyl (C=O) groups is 1. The number of nitrogens with one attached hydrogen (secondary N) is 1. The molecule has 1 N–H and O–H groups in total. The van der Waals surface area contributed by atoms with Gasteiger partial charge in [0.1, 0.15) is 0 Å². The normalized spacial score (nSPS) is 33.8. The predicted molar refractivity (Wildman–Crippen MR) is 81.6 cm³/mol. The number of piperidine rings is 1. The van der Waals surface area contributed by atoms with Crippen LogP contribution in [0.2, 0.25) is 0 Å². The molecule has 1 aromatic carbocycles. The number of ether oxygens (including phenoxy) is 1. The number of rotatable bonds is 1. The second-order valence-corrected chi connectivity index (χ2v) is 6.69. The van der Waals surface area contributed by atoms with Gasteiger partial charge in [0.05, 0.1) is 13.0 Å². The smallest absolute Gasteiger partial charge is 0.309 e. The summed E-state index contributed by atoms with van der Waals surface area (Å²) in [6.45, 7) is 1.88. The van der Waals surface area contributed by atoms with Crippen LogP contribution >= 0.6 is 0 Å². The highest BCUT2D eigenvalue weighted by Gasteiger charge is 2.45. The van der Waals surface area contributed by atoms with Crippen LogP contribution in [0.3, 0.4) is 0 Å². The highest BCUT2D eigenvalue weighted by atomic mass is 16.5. The van der Waals surface area contributed by atoms with E-state index in [-0.39, 0.29) is 11.9 Å². The van der Waals surface area contributed by atoms with E-state index in [2.05, 4.69) is 35.5 Å². The lowest BCUT2D eigenvalue weighted by atomic mass is 9.68. The van der Waals surface area contributed by atoms with E-state index in [1.54, 1.807) is 0 Å². The first-order valence-electron chi connectivity index (χ1n) is 7.83. The van der Waals surface area contributed by atoms with Crippen molar-refractivity contribution in [1.82, 2.24) is 4.90 Å². The molecule has 2 heterocycles. The van der Waals surface area contributed by atoms with Crippen LogP contribution in [0.15, 0.2) is 18.2 Å². The quantitative estimate of drug-likeness (QED) is 0.804. The molecule has 4 nitrogen and oxygen atoms in total. The molecule has 0 unspecified atom stereocenters. The number of hydrogen-bond acceptors (Lipinski definition) is 4. The first-order valence-corrected chi connectivity index (χ1v) is 7.83. The van der Waals surface area contributed by atoms with Crippen LogP contribution in [0, 0.1) is 5.92 Å². The van der Waals surface area contributed by atoms with Crippen molar-refractivity contribution in [3.05, 3.63) is 29.3 Å². The summed E-state index contributed by atoms with van der Waals surface area (Å²) < 4.78 is 4.98. The fourth-order valence-electron chi connectivity index (χ4n) is 4.69. The van der Waals surface area contributed by atoms with E-state index in [4.69, 9.17) is 4.74 Å². The summed E-state index contributed by atoms with van der Waals surface area (Å²) in [6.07, 6.45) is 2.12. The van der Waals surface area contributed by atoms with Gasteiger partial charge in [0.25, 0.3) is 0 Å². The lowest BCUT2D eigenvalue weighted by Gasteiger charge is -2.46. The number of likely N-dealkylation sites (tertiary alicyclic amines) is 1. The van der Waals surface area contributed by atoms with Gasteiger partial charge in [0.2, 0.25) is 0 Å². The number of hydrogen-bond donors (Lipinski definition) is 1. The van der Waals surface area contributed by atoms with Gasteiger partial charge in [-0.3, -0.25) is 4.79 Å². The summed E-state index contributed by atoms with van der Waals surface area (Å²) in [4.78, 5) is 14.4. The van der Waals surface area contributed by atoms with Crippen LogP contribution in [0.1, 0.15) is 35.8 Å². The fraction of sp³-hybridized carbons (Fsp3) is 0.588. The largest absolute Gasteiger partial charge is 0.469 e. The van der Waals surface area contributed by atoms with Crippen molar-refractivity contribution in [2.75, 3.05) is 32.6 Å². The van der Waals surface area contributed by atoms with Crippen LogP contribution in [0.25, 0.3) is 0 Å². The summed E-state index contributed by atoms with van der Waals surface area (Å²) in [5.74, 6) is 1.03. The van der Waals surface area contributed by atoms with E-state index in [0.717, 1.165) is 19.5 Å². The minimum atomic E-state index is -0.0619. The maximum absolute atomic E-state index is 12.0. The zero-order chi connectivity index (χ0) is 14.6. The maximum atomic E-state index is 12.0. The van der Waals surface area contributed by atoms with E-state index in [1.165, 1.54) is 30.3 Å². The summed E-state index contributed by atoms with van der Waals surface area (Å²) in [7, 11) is 3.65. The minimum Gasteiger partial charge on any atom is -0.469 e. The zero-order valence-corrected chi connectivity index (χ0v) is 12.6. The monoisotopic (exact) mass is 286 g/mol. The first-order chi connectivity index (χ1) is 10.2. The van der Waals surface area contributed by atoms with Gasteiger partial charge in [-0.25, -0.2) is 0 Å². The van der Waals surface area contributed by atoms with Crippen molar-refractivity contribution in [1.29, 1.82) is 0 Å². The topological polar surface area (TPSA) is 41.6 Å². The van der Waals surface area contributed by atoms with Crippen LogP contribution < -0.4 is 5.32 Å². The second-order valence-electron chi connectivity index (χ2n) is 6.69. The number of esters is 1. The molecule has 3 aliphatic rings. The number of carbonyl (C=O) groups excluding carboxylic acids is 1. The minimum absolute atomic E-state index is 0.00279. The predicted octanol–water partition coefficient (Wildman–Crippen LogP) is 2.18. The molecule has 0 radical (unpaired) electrons. The third kappa shape index (κ3) is 1.89. The lowest BCUT2D eigenvalue weighted by molar-refractivity contribution is -0.148. The first kappa shape index (κ1) is 13.1. The lowest BCUT2D eigenvalue weighted by Crippen LogP contribution is -2.50. The number of anilines is 1. The van der Waals surface area contributed by atoms with Gasteiger partial charge >= 0.3 is 5.97 Å². The standard InChI is InChI=1S/C17H22N2O2/c1-19-9-11(17(20)21-2)6-13-12-4-3-5-14-16(12)10(8-18-14)7-15(13)19/h3-5,10-11,13,15,18H,6-9H2,1-2H3/t10-,11+,13-,15-/m1/s1. The molecule has 112 valence electrons. The average molecular weight is 286 g/mol. The average Bonchev–Trinajstić information content (AvgIpc) is 2.92. The van der Waals surface area contributed by atoms with Crippen LogP contribution in [0.4, 0.5) is 5.69 Å². The van der Waals surface area contributed by atoms with Gasteiger partial charge in [-0.15, -0.1) is 0 Å². The molecule has 4 heteroatoms. The van der Waals surface area contributed by atoms with Crippen LogP contribution in [0.5, 0.6) is 0 Å². The summed E-state index contributed by atoms with van der Waals surface area (Å²) in [6, 6.07) is 7.15. The van der Waals surface area contributed by atoms with E-state index >= 15 is 0 Å². The number of benzene rings is 1. The Bertz CT molecular complexity index is 586. The Morgan fingerprint density at radius 1 is 1.38 bits per heavy atom. The third-order valence-corrected chi connectivity index (χ3v) is 5.62. The molecule has 0 aromatic heterocycles. The second kappa shape index (κ2) is 4.73. The number of methoxy groups -OCH3 is 1. The maximum Gasteiger partial charge on any atom is 0.309 e. The molecule has 0 spiro atoms. The summed E-state index contributed by atoms with van der Waals surface area (Å²) in [5.41, 5.74) is 4.27. The van der Waals surface area contributed by atoms with E-state index < -0.39 is 0 Å². The van der Waals surface area contributed by atoms with Crippen molar-refractivity contribution in [3.8, 4) is 0 Å². The Morgan fingerprint density at radius 3 is 3.05 bits per heavy atom. The number of fused-ring (bicyclic) bond motifs is 2. The van der Waals surface area contributed by atoms with Crippen molar-refractivity contribution in [2.45, 2.75) is 30.7 Å². The van der Waals surface area contributed by atoms with Crippen LogP contribution in [-0.2, 0) is 9.53 Å². The Balaban J connectivity index is 1.73. The van der Waals surface area contributed by atoms with Gasteiger partial charge in [-0.1, -0.05) is 12.1 Å². The van der Waals surface area contributed by atoms with Crippen LogP contribution in [-0.4, -0.2) is 44.2 Å². The van der Waals surface area contributed by atoms with E-state index in [1.807, 2.05) is 0 Å². The molecule has 1 fully saturated rings. The Morgan fingerprint density at radius 2 is 2.24 bits per heavy atom. The van der Waals surface area contributed by atoms with Crippen molar-refractivity contribution in [3.63, 3.8) is 0 Å². The molecule has 1 saturated heterocycles. The number of nitrogens with zero attached hydrogens (tertiary/aromatic N) is 1. The summed E-state index contributed by atoms with van der Waals surface area (Å²) in [5, 5.41) is 3.54. The van der Waals surface area contributed by atoms with Crippen molar-refractivity contribution in [2.24, 2.45) is 5.92 Å². The molecule has 0 saturated carbocycles. The molecular formula is C17H22N2O2. The number of likely N-dealkylation sites (N-methyl/N-ethyl adjacent to an activating group) is 1. The van der Waals surface area contributed by atoms with Gasteiger partial charge in [-0.05, 0) is 37.1 Å². The SMILES string of the molecule is COC(=O)[C@H]1C[C@@H]2c3cccc4c3[C@@H](CN4)C[C@H]2N(C)C1. The van der Waals surface area contributed by atoms with Gasteiger partial charge in [0, 0.05) is 36.7 Å². The van der Waals surface area contributed by atoms with Gasteiger partial charge in [-0.2, -0.15) is 0 Å². The fourth-order valence-corrected chi connectivity index (χ4v) is 4.69. The Kier molecular flexibility index (Phi) is 2.96. The third-order valence-electron chi connectivity index (χ3n) is 5.62. The van der Waals surface area contributed by atoms with E-state index in [0.29, 0.717) is 17.9 Å². The van der Waals surface area contributed by atoms with Crippen molar-refractivity contribution < 1.29 is 9.53 Å². The molecule has 0 amide bonds. The molecule has 1 aliphatic carbocycles. The van der Waals surface area contributed by atoms with Gasteiger partial charge < -0.3 is 15.0 Å². The molecule has 2 aliphatic heterocycles. The molecule has 0 bridgehead atoms. The molecule has 1 aromatic rings. The highest BCUT2D eigenvalue weighted by Crippen LogP contribution is 2.50. The van der Waals surface area contributed by atoms with Gasteiger partial charge in [0.15, 0.2) is 0 Å². The highest BCUT2D eigenvalue weighted by molar-refractivity contribution is 5.73. The van der Waals surface area contributed by atoms with Crippen molar-refractivity contribution >= 4 is 11.7 Å². The van der Waals surface area contributed by atoms with E-state index in [9.17, 15) is 4.79 Å². The molecule has 4 rings (SSSR count). The molecule has 4 atom stereocenters.